The predicted molar refractivity (Wildman–Crippen MR) is 78.8 cm³/mol. The van der Waals surface area contributed by atoms with E-state index in [1.165, 1.54) is 5.56 Å². The zero-order valence-corrected chi connectivity index (χ0v) is 12.6. The summed E-state index contributed by atoms with van der Waals surface area (Å²) in [6, 6.07) is 5.94. The first kappa shape index (κ1) is 15.3. The maximum Gasteiger partial charge on any atom is 0.122 e. The molecule has 0 spiro atoms. The molecule has 0 heterocycles. The van der Waals surface area contributed by atoms with Crippen molar-refractivity contribution in [2.45, 2.75) is 32.6 Å². The van der Waals surface area contributed by atoms with Crippen LogP contribution in [-0.2, 0) is 0 Å². The Hall–Kier alpha value is -0.730. The summed E-state index contributed by atoms with van der Waals surface area (Å²) in [5, 5.41) is 0.785. The molecule has 1 atom stereocenters. The lowest BCUT2D eigenvalue weighted by Gasteiger charge is -2.23. The van der Waals surface area contributed by atoms with Crippen LogP contribution in [0.1, 0.15) is 38.2 Å². The van der Waals surface area contributed by atoms with Crippen LogP contribution in [0, 0.1) is 0 Å². The standard InChI is InChI=1S/C15H24ClNO/c1-5-7-12(11-17(3)4)14-10-13(16)8-9-15(14)18-6-2/h8-10,12H,5-7,11H2,1-4H3. The summed E-state index contributed by atoms with van der Waals surface area (Å²) in [6.07, 6.45) is 2.31. The molecule has 3 heteroatoms. The van der Waals surface area contributed by atoms with Gasteiger partial charge in [-0.3, -0.25) is 0 Å². The van der Waals surface area contributed by atoms with Crippen LogP contribution in [-0.4, -0.2) is 32.1 Å². The third-order valence-electron chi connectivity index (χ3n) is 2.93. The van der Waals surface area contributed by atoms with Crippen LogP contribution < -0.4 is 4.74 Å². The lowest BCUT2D eigenvalue weighted by molar-refractivity contribution is 0.320. The molecule has 0 N–H and O–H groups in total. The van der Waals surface area contributed by atoms with Crippen molar-refractivity contribution in [2.24, 2.45) is 0 Å². The Kier molecular flexibility index (Phi) is 6.51. The van der Waals surface area contributed by atoms with Crippen molar-refractivity contribution in [3.8, 4) is 5.75 Å². The minimum Gasteiger partial charge on any atom is -0.494 e. The molecule has 0 aliphatic heterocycles. The molecule has 0 aromatic heterocycles. The highest BCUT2D eigenvalue weighted by Crippen LogP contribution is 2.32. The van der Waals surface area contributed by atoms with Crippen LogP contribution in [0.4, 0.5) is 0 Å². The first-order valence-corrected chi connectivity index (χ1v) is 7.03. The van der Waals surface area contributed by atoms with Gasteiger partial charge in [0.05, 0.1) is 6.61 Å². The second kappa shape index (κ2) is 7.65. The average Bonchev–Trinajstić information content (AvgIpc) is 2.30. The second-order valence-electron chi connectivity index (χ2n) is 4.86. The zero-order chi connectivity index (χ0) is 13.5. The molecule has 1 aromatic rings. The average molecular weight is 270 g/mol. The van der Waals surface area contributed by atoms with Gasteiger partial charge in [0.2, 0.25) is 0 Å². The van der Waals surface area contributed by atoms with E-state index in [4.69, 9.17) is 16.3 Å². The van der Waals surface area contributed by atoms with Gasteiger partial charge in [-0.15, -0.1) is 0 Å². The molecule has 1 unspecified atom stereocenters. The van der Waals surface area contributed by atoms with E-state index < -0.39 is 0 Å². The summed E-state index contributed by atoms with van der Waals surface area (Å²) in [5.74, 6) is 1.45. The van der Waals surface area contributed by atoms with E-state index in [0.29, 0.717) is 12.5 Å². The van der Waals surface area contributed by atoms with Gasteiger partial charge in [0.1, 0.15) is 5.75 Å². The molecule has 0 saturated heterocycles. The summed E-state index contributed by atoms with van der Waals surface area (Å²) < 4.78 is 5.72. The summed E-state index contributed by atoms with van der Waals surface area (Å²) in [6.45, 7) is 5.94. The number of benzene rings is 1. The second-order valence-corrected chi connectivity index (χ2v) is 5.30. The van der Waals surface area contributed by atoms with Gasteiger partial charge in [0.15, 0.2) is 0 Å². The highest BCUT2D eigenvalue weighted by Gasteiger charge is 2.17. The molecule has 0 saturated carbocycles. The maximum atomic E-state index is 6.13. The molecular formula is C15H24ClNO. The molecule has 2 nitrogen and oxygen atoms in total. The van der Waals surface area contributed by atoms with Crippen molar-refractivity contribution in [1.82, 2.24) is 4.90 Å². The first-order valence-electron chi connectivity index (χ1n) is 6.65. The van der Waals surface area contributed by atoms with Gasteiger partial charge in [0.25, 0.3) is 0 Å². The zero-order valence-electron chi connectivity index (χ0n) is 11.9. The lowest BCUT2D eigenvalue weighted by Crippen LogP contribution is -2.21. The number of rotatable bonds is 7. The molecule has 1 aromatic carbocycles. The van der Waals surface area contributed by atoms with Crippen LogP contribution in [0.25, 0.3) is 0 Å². The quantitative estimate of drug-likeness (QED) is 0.736. The highest BCUT2D eigenvalue weighted by molar-refractivity contribution is 6.30. The highest BCUT2D eigenvalue weighted by atomic mass is 35.5. The maximum absolute atomic E-state index is 6.13. The number of likely N-dealkylation sites (N-methyl/N-ethyl adjacent to an activating group) is 1. The molecule has 0 radical (unpaired) electrons. The molecule has 0 fully saturated rings. The van der Waals surface area contributed by atoms with Crippen LogP contribution in [0.3, 0.4) is 0 Å². The molecule has 0 aliphatic rings. The minimum absolute atomic E-state index is 0.477. The van der Waals surface area contributed by atoms with E-state index in [-0.39, 0.29) is 0 Å². The minimum atomic E-state index is 0.477. The number of halogens is 1. The van der Waals surface area contributed by atoms with Crippen LogP contribution in [0.5, 0.6) is 5.75 Å². The summed E-state index contributed by atoms with van der Waals surface area (Å²) in [4.78, 5) is 2.22. The van der Waals surface area contributed by atoms with Crippen LogP contribution in [0.15, 0.2) is 18.2 Å². The predicted octanol–water partition coefficient (Wildman–Crippen LogP) is 4.18. The first-order chi connectivity index (χ1) is 8.58. The summed E-state index contributed by atoms with van der Waals surface area (Å²) in [5.41, 5.74) is 1.24. The van der Waals surface area contributed by atoms with Crippen molar-refractivity contribution in [3.05, 3.63) is 28.8 Å². The third-order valence-corrected chi connectivity index (χ3v) is 3.17. The number of ether oxygens (including phenoxy) is 1. The molecule has 1 rings (SSSR count). The Labute approximate surface area is 116 Å². The van der Waals surface area contributed by atoms with E-state index in [9.17, 15) is 0 Å². The Morgan fingerprint density at radius 1 is 1.28 bits per heavy atom. The Morgan fingerprint density at radius 2 is 2.00 bits per heavy atom. The van der Waals surface area contributed by atoms with Crippen molar-refractivity contribution in [3.63, 3.8) is 0 Å². The smallest absolute Gasteiger partial charge is 0.122 e. The lowest BCUT2D eigenvalue weighted by atomic mass is 9.93. The molecule has 0 amide bonds. The van der Waals surface area contributed by atoms with Crippen molar-refractivity contribution in [2.75, 3.05) is 27.2 Å². The largest absolute Gasteiger partial charge is 0.494 e. The summed E-state index contributed by atoms with van der Waals surface area (Å²) >= 11 is 6.13. The number of hydrogen-bond acceptors (Lipinski definition) is 2. The fraction of sp³-hybridized carbons (Fsp3) is 0.600. The molecule has 0 bridgehead atoms. The molecule has 102 valence electrons. The Balaban J connectivity index is 3.03. The third kappa shape index (κ3) is 4.51. The monoisotopic (exact) mass is 269 g/mol. The van der Waals surface area contributed by atoms with E-state index in [0.717, 1.165) is 30.2 Å². The Morgan fingerprint density at radius 3 is 2.56 bits per heavy atom. The topological polar surface area (TPSA) is 12.5 Å². The van der Waals surface area contributed by atoms with Gasteiger partial charge in [-0.1, -0.05) is 24.9 Å². The van der Waals surface area contributed by atoms with Gasteiger partial charge in [-0.25, -0.2) is 0 Å². The number of nitrogens with zero attached hydrogens (tertiary/aromatic N) is 1. The van der Waals surface area contributed by atoms with E-state index in [1.807, 2.05) is 19.1 Å². The van der Waals surface area contributed by atoms with Gasteiger partial charge in [-0.05, 0) is 51.2 Å². The van der Waals surface area contributed by atoms with E-state index in [2.05, 4.69) is 32.0 Å². The molecule has 18 heavy (non-hydrogen) atoms. The van der Waals surface area contributed by atoms with Gasteiger partial charge < -0.3 is 9.64 Å². The fourth-order valence-corrected chi connectivity index (χ4v) is 2.44. The van der Waals surface area contributed by atoms with Crippen molar-refractivity contribution < 1.29 is 4.74 Å². The van der Waals surface area contributed by atoms with Crippen molar-refractivity contribution >= 4 is 11.6 Å². The van der Waals surface area contributed by atoms with E-state index >= 15 is 0 Å². The van der Waals surface area contributed by atoms with Gasteiger partial charge in [0, 0.05) is 17.5 Å². The van der Waals surface area contributed by atoms with Crippen LogP contribution in [0.2, 0.25) is 5.02 Å². The normalized spacial score (nSPS) is 12.8. The Bertz CT molecular complexity index is 366. The molecular weight excluding hydrogens is 246 g/mol. The SMILES string of the molecule is CCCC(CN(C)C)c1cc(Cl)ccc1OCC. The van der Waals surface area contributed by atoms with Gasteiger partial charge >= 0.3 is 0 Å². The number of hydrogen-bond donors (Lipinski definition) is 0. The summed E-state index contributed by atoms with van der Waals surface area (Å²) in [7, 11) is 4.21. The van der Waals surface area contributed by atoms with Crippen molar-refractivity contribution in [1.29, 1.82) is 0 Å². The van der Waals surface area contributed by atoms with Gasteiger partial charge in [-0.2, -0.15) is 0 Å². The fourth-order valence-electron chi connectivity index (χ4n) is 2.26. The van der Waals surface area contributed by atoms with Crippen LogP contribution >= 0.6 is 11.6 Å². The molecule has 0 aliphatic carbocycles. The van der Waals surface area contributed by atoms with E-state index in [1.54, 1.807) is 0 Å².